The largest absolute Gasteiger partial charge is 0.423 e. The van der Waals surface area contributed by atoms with Crippen molar-refractivity contribution in [2.24, 2.45) is 0 Å². The molecular weight excluding hydrogens is 304 g/mol. The van der Waals surface area contributed by atoms with Crippen LogP contribution < -0.4 is 10.9 Å². The van der Waals surface area contributed by atoms with Crippen molar-refractivity contribution in [3.05, 3.63) is 81.7 Å². The van der Waals surface area contributed by atoms with Gasteiger partial charge in [-0.15, -0.1) is 0 Å². The number of rotatable bonds is 3. The van der Waals surface area contributed by atoms with Gasteiger partial charge in [-0.2, -0.15) is 0 Å². The third-order valence-electron chi connectivity index (χ3n) is 3.32. The Bertz CT molecular complexity index is 950. The third kappa shape index (κ3) is 3.26. The van der Waals surface area contributed by atoms with Crippen molar-refractivity contribution in [1.82, 2.24) is 5.32 Å². The number of fused-ring (bicyclic) bond motifs is 1. The second kappa shape index (κ2) is 6.00. The SMILES string of the molecule is O=C(NCc1cc(=O)oc2ccc(F)cc12)c1cccc(F)c1. The molecular formula is C17H11F2NO3. The first-order valence-corrected chi connectivity index (χ1v) is 6.79. The smallest absolute Gasteiger partial charge is 0.336 e. The Morgan fingerprint density at radius 2 is 1.83 bits per heavy atom. The molecule has 0 saturated carbocycles. The molecule has 0 unspecified atom stereocenters. The second-order valence-corrected chi connectivity index (χ2v) is 4.92. The van der Waals surface area contributed by atoms with E-state index in [2.05, 4.69) is 5.32 Å². The highest BCUT2D eigenvalue weighted by Crippen LogP contribution is 2.18. The molecule has 1 N–H and O–H groups in total. The van der Waals surface area contributed by atoms with Crippen LogP contribution in [-0.4, -0.2) is 5.91 Å². The molecule has 1 amide bonds. The Morgan fingerprint density at radius 1 is 1.04 bits per heavy atom. The molecule has 1 aromatic heterocycles. The summed E-state index contributed by atoms with van der Waals surface area (Å²) in [5.41, 5.74) is 0.206. The molecule has 0 aliphatic heterocycles. The van der Waals surface area contributed by atoms with Crippen LogP contribution >= 0.6 is 0 Å². The van der Waals surface area contributed by atoms with Gasteiger partial charge in [-0.3, -0.25) is 4.79 Å². The first-order valence-electron chi connectivity index (χ1n) is 6.79. The van der Waals surface area contributed by atoms with Crippen molar-refractivity contribution in [1.29, 1.82) is 0 Å². The fourth-order valence-electron chi connectivity index (χ4n) is 2.25. The molecule has 0 atom stereocenters. The minimum Gasteiger partial charge on any atom is -0.423 e. The highest BCUT2D eigenvalue weighted by molar-refractivity contribution is 5.94. The number of carbonyl (C=O) groups is 1. The van der Waals surface area contributed by atoms with E-state index in [1.807, 2.05) is 0 Å². The minimum atomic E-state index is -0.598. The number of hydrogen-bond donors (Lipinski definition) is 1. The van der Waals surface area contributed by atoms with Gasteiger partial charge in [0.25, 0.3) is 5.91 Å². The molecule has 0 fully saturated rings. The second-order valence-electron chi connectivity index (χ2n) is 4.92. The predicted molar refractivity (Wildman–Crippen MR) is 80.0 cm³/mol. The van der Waals surface area contributed by atoms with E-state index in [0.717, 1.165) is 6.07 Å². The van der Waals surface area contributed by atoms with Gasteiger partial charge in [0.1, 0.15) is 17.2 Å². The number of nitrogens with one attached hydrogen (secondary N) is 1. The van der Waals surface area contributed by atoms with Crippen molar-refractivity contribution in [2.45, 2.75) is 6.54 Å². The normalized spacial score (nSPS) is 10.7. The van der Waals surface area contributed by atoms with Crippen LogP contribution in [-0.2, 0) is 6.54 Å². The number of halogens is 2. The van der Waals surface area contributed by atoms with Crippen LogP contribution in [0.4, 0.5) is 8.78 Å². The fourth-order valence-corrected chi connectivity index (χ4v) is 2.25. The van der Waals surface area contributed by atoms with Gasteiger partial charge in [-0.1, -0.05) is 6.07 Å². The number of benzene rings is 2. The van der Waals surface area contributed by atoms with E-state index in [9.17, 15) is 18.4 Å². The van der Waals surface area contributed by atoms with Crippen LogP contribution in [0.25, 0.3) is 11.0 Å². The van der Waals surface area contributed by atoms with E-state index in [0.29, 0.717) is 10.9 Å². The summed E-state index contributed by atoms with van der Waals surface area (Å²) in [4.78, 5) is 23.5. The molecule has 0 aliphatic rings. The monoisotopic (exact) mass is 315 g/mol. The maximum atomic E-state index is 13.4. The standard InChI is InChI=1S/C17H11F2NO3/c18-12-3-1-2-10(6-12)17(22)20-9-11-7-16(21)23-15-5-4-13(19)8-14(11)15/h1-8H,9H2,(H,20,22). The summed E-state index contributed by atoms with van der Waals surface area (Å²) in [6.45, 7) is -0.0130. The van der Waals surface area contributed by atoms with Gasteiger partial charge in [-0.25, -0.2) is 13.6 Å². The summed E-state index contributed by atoms with van der Waals surface area (Å²) in [6, 6.07) is 10.2. The quantitative estimate of drug-likeness (QED) is 0.756. The maximum Gasteiger partial charge on any atom is 0.336 e. The zero-order valence-corrected chi connectivity index (χ0v) is 11.8. The van der Waals surface area contributed by atoms with Gasteiger partial charge < -0.3 is 9.73 Å². The number of carbonyl (C=O) groups excluding carboxylic acids is 1. The van der Waals surface area contributed by atoms with Gasteiger partial charge in [0.2, 0.25) is 0 Å². The van der Waals surface area contributed by atoms with E-state index in [-0.39, 0.29) is 17.7 Å². The van der Waals surface area contributed by atoms with Crippen LogP contribution in [0.5, 0.6) is 0 Å². The maximum absolute atomic E-state index is 13.4. The van der Waals surface area contributed by atoms with Crippen LogP contribution in [0.2, 0.25) is 0 Å². The lowest BCUT2D eigenvalue weighted by atomic mass is 10.1. The Morgan fingerprint density at radius 3 is 2.61 bits per heavy atom. The van der Waals surface area contributed by atoms with Gasteiger partial charge >= 0.3 is 5.63 Å². The molecule has 6 heteroatoms. The predicted octanol–water partition coefficient (Wildman–Crippen LogP) is 3.00. The van der Waals surface area contributed by atoms with Gasteiger partial charge in [0.05, 0.1) is 0 Å². The van der Waals surface area contributed by atoms with Crippen molar-refractivity contribution in [3.63, 3.8) is 0 Å². The van der Waals surface area contributed by atoms with Crippen molar-refractivity contribution in [2.75, 3.05) is 0 Å². The summed E-state index contributed by atoms with van der Waals surface area (Å²) in [5.74, 6) is -1.50. The van der Waals surface area contributed by atoms with Gasteiger partial charge in [0, 0.05) is 23.6 Å². The molecule has 3 aromatic rings. The summed E-state index contributed by atoms with van der Waals surface area (Å²) in [7, 11) is 0. The summed E-state index contributed by atoms with van der Waals surface area (Å²) < 4.78 is 31.5. The number of hydrogen-bond acceptors (Lipinski definition) is 3. The molecule has 2 aromatic carbocycles. The summed E-state index contributed by atoms with van der Waals surface area (Å²) >= 11 is 0. The van der Waals surface area contributed by atoms with Gasteiger partial charge in [-0.05, 0) is 42.0 Å². The van der Waals surface area contributed by atoms with E-state index in [1.165, 1.54) is 42.5 Å². The Balaban J connectivity index is 1.88. The van der Waals surface area contributed by atoms with E-state index < -0.39 is 23.2 Å². The van der Waals surface area contributed by atoms with Crippen molar-refractivity contribution >= 4 is 16.9 Å². The zero-order valence-electron chi connectivity index (χ0n) is 11.8. The third-order valence-corrected chi connectivity index (χ3v) is 3.32. The van der Waals surface area contributed by atoms with Crippen molar-refractivity contribution in [3.8, 4) is 0 Å². The molecule has 0 aliphatic carbocycles. The molecule has 0 saturated heterocycles. The fraction of sp³-hybridized carbons (Fsp3) is 0.0588. The van der Waals surface area contributed by atoms with Crippen LogP contribution in [0.15, 0.2) is 57.7 Å². The Kier molecular flexibility index (Phi) is 3.89. The lowest BCUT2D eigenvalue weighted by molar-refractivity contribution is 0.0950. The Hall–Kier alpha value is -3.02. The van der Waals surface area contributed by atoms with Crippen molar-refractivity contribution < 1.29 is 18.0 Å². The zero-order chi connectivity index (χ0) is 16.4. The van der Waals surface area contributed by atoms with Gasteiger partial charge in [0.15, 0.2) is 0 Å². The van der Waals surface area contributed by atoms with Crippen LogP contribution in [0, 0.1) is 11.6 Å². The molecule has 0 bridgehead atoms. The highest BCUT2D eigenvalue weighted by Gasteiger charge is 2.10. The lowest BCUT2D eigenvalue weighted by Crippen LogP contribution is -2.23. The van der Waals surface area contributed by atoms with E-state index in [1.54, 1.807) is 0 Å². The lowest BCUT2D eigenvalue weighted by Gasteiger charge is -2.08. The Labute approximate surface area is 129 Å². The minimum absolute atomic E-state index is 0.0130. The summed E-state index contributed by atoms with van der Waals surface area (Å²) in [5, 5.41) is 2.97. The molecule has 23 heavy (non-hydrogen) atoms. The van der Waals surface area contributed by atoms with E-state index >= 15 is 0 Å². The average Bonchev–Trinajstić information content (AvgIpc) is 2.52. The highest BCUT2D eigenvalue weighted by atomic mass is 19.1. The molecule has 0 spiro atoms. The van der Waals surface area contributed by atoms with Crippen LogP contribution in [0.3, 0.4) is 0 Å². The molecule has 116 valence electrons. The topological polar surface area (TPSA) is 59.3 Å². The molecule has 3 rings (SSSR count). The molecule has 1 heterocycles. The first kappa shape index (κ1) is 14.9. The molecule has 4 nitrogen and oxygen atoms in total. The number of amides is 1. The molecule has 0 radical (unpaired) electrons. The average molecular weight is 315 g/mol. The van der Waals surface area contributed by atoms with E-state index in [4.69, 9.17) is 4.42 Å². The summed E-state index contributed by atoms with van der Waals surface area (Å²) in [6.07, 6.45) is 0. The van der Waals surface area contributed by atoms with Crippen LogP contribution in [0.1, 0.15) is 15.9 Å². The first-order chi connectivity index (χ1) is 11.0.